The molecule has 0 aliphatic carbocycles. The van der Waals surface area contributed by atoms with E-state index in [1.165, 1.54) is 30.3 Å². The standard InChI is InChI=1S/C22H18BrFN2O5S/c23-18-3-1-2-4-19(18)25-22(27)14-26(16-7-5-15(24)6-8-16)32(28,29)17-9-10-20-21(13-17)31-12-11-30-20/h1-10,13H,11-12,14H2,(H,25,27). The average Bonchev–Trinajstić information content (AvgIpc) is 2.79. The number of benzene rings is 3. The second kappa shape index (κ2) is 9.17. The number of carbonyl (C=O) groups excluding carboxylic acids is 1. The third-order valence-electron chi connectivity index (χ3n) is 4.65. The molecule has 0 aromatic heterocycles. The van der Waals surface area contributed by atoms with Crippen molar-refractivity contribution < 1.29 is 27.1 Å². The number of nitrogens with zero attached hydrogens (tertiary/aromatic N) is 1. The molecule has 0 saturated carbocycles. The second-order valence-corrected chi connectivity index (χ2v) is 9.54. The zero-order valence-corrected chi connectivity index (χ0v) is 19.0. The van der Waals surface area contributed by atoms with Gasteiger partial charge in [-0.2, -0.15) is 0 Å². The van der Waals surface area contributed by atoms with Crippen LogP contribution in [0.15, 0.2) is 76.1 Å². The number of fused-ring (bicyclic) bond motifs is 1. The van der Waals surface area contributed by atoms with Gasteiger partial charge < -0.3 is 14.8 Å². The van der Waals surface area contributed by atoms with Crippen molar-refractivity contribution in [3.8, 4) is 11.5 Å². The Morgan fingerprint density at radius 3 is 2.41 bits per heavy atom. The van der Waals surface area contributed by atoms with Crippen molar-refractivity contribution in [2.45, 2.75) is 4.90 Å². The Hall–Kier alpha value is -3.11. The third-order valence-corrected chi connectivity index (χ3v) is 7.11. The number of hydrogen-bond acceptors (Lipinski definition) is 5. The number of halogens is 2. The molecule has 0 fully saturated rings. The molecule has 3 aromatic rings. The molecule has 1 aliphatic rings. The van der Waals surface area contributed by atoms with Crippen LogP contribution in [0.1, 0.15) is 0 Å². The predicted octanol–water partition coefficient (Wildman–Crippen LogP) is 4.19. The monoisotopic (exact) mass is 520 g/mol. The van der Waals surface area contributed by atoms with Crippen molar-refractivity contribution in [2.75, 3.05) is 29.4 Å². The van der Waals surface area contributed by atoms with Gasteiger partial charge in [-0.25, -0.2) is 12.8 Å². The molecular formula is C22H18BrFN2O5S. The number of carbonyl (C=O) groups is 1. The minimum absolute atomic E-state index is 0.0835. The zero-order valence-electron chi connectivity index (χ0n) is 16.6. The molecule has 0 radical (unpaired) electrons. The number of anilines is 2. The largest absolute Gasteiger partial charge is 0.486 e. The third kappa shape index (κ3) is 4.71. The quantitative estimate of drug-likeness (QED) is 0.526. The minimum atomic E-state index is -4.20. The minimum Gasteiger partial charge on any atom is -0.486 e. The number of sulfonamides is 1. The van der Waals surface area contributed by atoms with Gasteiger partial charge in [0.2, 0.25) is 5.91 Å². The Balaban J connectivity index is 1.68. The van der Waals surface area contributed by atoms with Crippen LogP contribution in [0.3, 0.4) is 0 Å². The van der Waals surface area contributed by atoms with Gasteiger partial charge in [-0.1, -0.05) is 12.1 Å². The highest BCUT2D eigenvalue weighted by Crippen LogP contribution is 2.34. The van der Waals surface area contributed by atoms with Crippen molar-refractivity contribution in [1.29, 1.82) is 0 Å². The Morgan fingerprint density at radius 2 is 1.69 bits per heavy atom. The highest BCUT2D eigenvalue weighted by molar-refractivity contribution is 9.10. The highest BCUT2D eigenvalue weighted by Gasteiger charge is 2.29. The molecule has 4 rings (SSSR count). The summed E-state index contributed by atoms with van der Waals surface area (Å²) in [6.45, 7) is 0.145. The normalized spacial score (nSPS) is 12.8. The highest BCUT2D eigenvalue weighted by atomic mass is 79.9. The van der Waals surface area contributed by atoms with Crippen LogP contribution in [0.25, 0.3) is 0 Å². The maximum Gasteiger partial charge on any atom is 0.264 e. The van der Waals surface area contributed by atoms with Crippen LogP contribution in [0.2, 0.25) is 0 Å². The molecule has 1 N–H and O–H groups in total. The molecule has 0 spiro atoms. The molecule has 10 heteroatoms. The lowest BCUT2D eigenvalue weighted by Gasteiger charge is -2.25. The van der Waals surface area contributed by atoms with Crippen molar-refractivity contribution >= 4 is 43.2 Å². The van der Waals surface area contributed by atoms with Crippen molar-refractivity contribution in [2.24, 2.45) is 0 Å². The molecule has 1 amide bonds. The summed E-state index contributed by atoms with van der Waals surface area (Å²) in [7, 11) is -4.20. The Kier molecular flexibility index (Phi) is 6.33. The van der Waals surface area contributed by atoms with E-state index in [-0.39, 0.29) is 10.6 Å². The second-order valence-electron chi connectivity index (χ2n) is 6.82. The lowest BCUT2D eigenvalue weighted by molar-refractivity contribution is -0.114. The maximum atomic E-state index is 13.5. The van der Waals surface area contributed by atoms with E-state index in [0.29, 0.717) is 34.9 Å². The molecule has 1 heterocycles. The van der Waals surface area contributed by atoms with Crippen molar-refractivity contribution in [3.63, 3.8) is 0 Å². The summed E-state index contributed by atoms with van der Waals surface area (Å²) in [6.07, 6.45) is 0. The van der Waals surface area contributed by atoms with Gasteiger partial charge >= 0.3 is 0 Å². The van der Waals surface area contributed by atoms with Gasteiger partial charge in [0.1, 0.15) is 25.6 Å². The summed E-state index contributed by atoms with van der Waals surface area (Å²) in [5.74, 6) is -0.352. The number of nitrogens with one attached hydrogen (secondary N) is 1. The number of ether oxygens (including phenoxy) is 2. The van der Waals surface area contributed by atoms with E-state index in [1.807, 2.05) is 0 Å². The summed E-state index contributed by atoms with van der Waals surface area (Å²) in [5, 5.41) is 2.68. The van der Waals surface area contributed by atoms with Gasteiger partial charge in [-0.05, 0) is 64.5 Å². The van der Waals surface area contributed by atoms with Gasteiger partial charge in [-0.15, -0.1) is 0 Å². The van der Waals surface area contributed by atoms with Gasteiger partial charge in [0.05, 0.1) is 16.3 Å². The van der Waals surface area contributed by atoms with Gasteiger partial charge in [0.15, 0.2) is 11.5 Å². The van der Waals surface area contributed by atoms with Crippen molar-refractivity contribution in [1.82, 2.24) is 0 Å². The molecule has 0 saturated heterocycles. The summed E-state index contributed by atoms with van der Waals surface area (Å²) in [4.78, 5) is 12.7. The van der Waals surface area contributed by atoms with E-state index < -0.39 is 28.3 Å². The fraction of sp³-hybridized carbons (Fsp3) is 0.136. The van der Waals surface area contributed by atoms with Crippen LogP contribution in [0, 0.1) is 5.82 Å². The van der Waals surface area contributed by atoms with Gasteiger partial charge in [0, 0.05) is 10.5 Å². The predicted molar refractivity (Wildman–Crippen MR) is 121 cm³/mol. The Bertz CT molecular complexity index is 1250. The molecule has 0 unspecified atom stereocenters. The average molecular weight is 521 g/mol. The van der Waals surface area contributed by atoms with E-state index in [4.69, 9.17) is 9.47 Å². The number of rotatable bonds is 6. The van der Waals surface area contributed by atoms with Crippen molar-refractivity contribution in [3.05, 3.63) is 77.0 Å². The summed E-state index contributed by atoms with van der Waals surface area (Å²) < 4.78 is 53.0. The summed E-state index contributed by atoms with van der Waals surface area (Å²) in [5.41, 5.74) is 0.636. The SMILES string of the molecule is O=C(CN(c1ccc(F)cc1)S(=O)(=O)c1ccc2c(c1)OCCO2)Nc1ccccc1Br. The Morgan fingerprint density at radius 1 is 1.00 bits per heavy atom. The zero-order chi connectivity index (χ0) is 22.7. The fourth-order valence-electron chi connectivity index (χ4n) is 3.12. The molecular weight excluding hydrogens is 503 g/mol. The number of hydrogen-bond donors (Lipinski definition) is 1. The van der Waals surface area contributed by atoms with Crippen LogP contribution in [0.4, 0.5) is 15.8 Å². The van der Waals surface area contributed by atoms with E-state index >= 15 is 0 Å². The first-order chi connectivity index (χ1) is 15.3. The van der Waals surface area contributed by atoms with Crippen LogP contribution >= 0.6 is 15.9 Å². The lowest BCUT2D eigenvalue weighted by Crippen LogP contribution is -2.38. The van der Waals surface area contributed by atoms with Gasteiger partial charge in [-0.3, -0.25) is 9.10 Å². The first kappa shape index (κ1) is 22.1. The van der Waals surface area contributed by atoms with Gasteiger partial charge in [0.25, 0.3) is 10.0 Å². The smallest absolute Gasteiger partial charge is 0.264 e. The van der Waals surface area contributed by atoms with E-state index in [2.05, 4.69) is 21.2 Å². The first-order valence-corrected chi connectivity index (χ1v) is 11.8. The molecule has 32 heavy (non-hydrogen) atoms. The molecule has 3 aromatic carbocycles. The van der Waals surface area contributed by atoms with E-state index in [0.717, 1.165) is 16.4 Å². The van der Waals surface area contributed by atoms with Crippen LogP contribution in [0.5, 0.6) is 11.5 Å². The Labute approximate surface area is 192 Å². The first-order valence-electron chi connectivity index (χ1n) is 9.57. The molecule has 0 atom stereocenters. The summed E-state index contributed by atoms with van der Waals surface area (Å²) >= 11 is 3.34. The molecule has 7 nitrogen and oxygen atoms in total. The fourth-order valence-corrected chi connectivity index (χ4v) is 4.94. The molecule has 166 valence electrons. The van der Waals surface area contributed by atoms with E-state index in [1.54, 1.807) is 24.3 Å². The van der Waals surface area contributed by atoms with Crippen LogP contribution < -0.4 is 19.1 Å². The molecule has 1 aliphatic heterocycles. The van der Waals surface area contributed by atoms with Crippen LogP contribution in [-0.2, 0) is 14.8 Å². The van der Waals surface area contributed by atoms with E-state index in [9.17, 15) is 17.6 Å². The maximum absolute atomic E-state index is 13.5. The molecule has 0 bridgehead atoms. The lowest BCUT2D eigenvalue weighted by atomic mass is 10.3. The van der Waals surface area contributed by atoms with Crippen LogP contribution in [-0.4, -0.2) is 34.1 Å². The number of para-hydroxylation sites is 1. The topological polar surface area (TPSA) is 84.9 Å². The number of amides is 1. The summed E-state index contributed by atoms with van der Waals surface area (Å²) in [6, 6.07) is 16.1.